The molecule has 82 valence electrons. The van der Waals surface area contributed by atoms with E-state index in [-0.39, 0.29) is 0 Å². The fourth-order valence-corrected chi connectivity index (χ4v) is 2.37. The third kappa shape index (κ3) is 2.97. The number of rotatable bonds is 4. The van der Waals surface area contributed by atoms with Crippen LogP contribution in [0.15, 0.2) is 41.7 Å². The zero-order valence-electron chi connectivity index (χ0n) is 10.1. The Hall–Kier alpha value is -1.00. The minimum Gasteiger partial charge on any atom is -0.133 e. The molecule has 0 N–H and O–H groups in total. The van der Waals surface area contributed by atoms with Crippen LogP contribution in [0.25, 0.3) is 0 Å². The molecule has 0 saturated carbocycles. The topological polar surface area (TPSA) is 0 Å². The van der Waals surface area contributed by atoms with Gasteiger partial charge < -0.3 is 0 Å². The van der Waals surface area contributed by atoms with Gasteiger partial charge in [0.05, 0.1) is 0 Å². The second kappa shape index (κ2) is 5.78. The Balaban J connectivity index is 2.78. The lowest BCUT2D eigenvalue weighted by Crippen LogP contribution is -2.12. The smallest absolute Gasteiger partial charge is 0.0106 e. The molecule has 0 aliphatic heterocycles. The summed E-state index contributed by atoms with van der Waals surface area (Å²) in [7, 11) is 0. The fraction of sp³-hybridized carbons (Fsp3) is 0.533. The first-order valence-corrected chi connectivity index (χ1v) is 5.94. The summed E-state index contributed by atoms with van der Waals surface area (Å²) in [5, 5.41) is 0. The Labute approximate surface area is 94.1 Å². The molecule has 0 aromatic heterocycles. The van der Waals surface area contributed by atoms with Gasteiger partial charge in [0.25, 0.3) is 0 Å². The average molecular weight is 202 g/mol. The summed E-state index contributed by atoms with van der Waals surface area (Å²) in [5.74, 6) is 0.629. The van der Waals surface area contributed by atoms with Gasteiger partial charge in [0.1, 0.15) is 0 Å². The highest BCUT2D eigenvalue weighted by atomic mass is 14.3. The van der Waals surface area contributed by atoms with E-state index in [1.54, 1.807) is 11.1 Å². The van der Waals surface area contributed by atoms with Crippen LogP contribution in [0.2, 0.25) is 0 Å². The normalized spacial score (nSPS) is 21.5. The monoisotopic (exact) mass is 202 g/mol. The molecule has 15 heavy (non-hydrogen) atoms. The van der Waals surface area contributed by atoms with Crippen molar-refractivity contribution in [1.82, 2.24) is 0 Å². The van der Waals surface area contributed by atoms with Gasteiger partial charge in [-0.05, 0) is 44.1 Å². The van der Waals surface area contributed by atoms with Gasteiger partial charge in [0.15, 0.2) is 0 Å². The summed E-state index contributed by atoms with van der Waals surface area (Å²) in [6.45, 7) is 12.3. The third-order valence-electron chi connectivity index (χ3n) is 3.41. The first kappa shape index (κ1) is 12.1. The van der Waals surface area contributed by atoms with Crippen molar-refractivity contribution in [2.45, 2.75) is 46.0 Å². The molecule has 0 radical (unpaired) electrons. The first-order chi connectivity index (χ1) is 7.22. The Morgan fingerprint density at radius 2 is 2.00 bits per heavy atom. The van der Waals surface area contributed by atoms with E-state index in [0.717, 1.165) is 12.8 Å². The molecular weight excluding hydrogens is 180 g/mol. The summed E-state index contributed by atoms with van der Waals surface area (Å²) < 4.78 is 0. The maximum Gasteiger partial charge on any atom is -0.0106 e. The molecule has 0 nitrogen and oxygen atoms in total. The van der Waals surface area contributed by atoms with Crippen LogP contribution in [0, 0.1) is 5.92 Å². The van der Waals surface area contributed by atoms with Crippen LogP contribution in [0.3, 0.4) is 0 Å². The molecule has 0 amide bonds. The van der Waals surface area contributed by atoms with E-state index in [2.05, 4.69) is 32.7 Å². The van der Waals surface area contributed by atoms with Gasteiger partial charge in [-0.25, -0.2) is 0 Å². The third-order valence-corrected chi connectivity index (χ3v) is 3.41. The number of hydrogen-bond donors (Lipinski definition) is 0. The van der Waals surface area contributed by atoms with E-state index >= 15 is 0 Å². The van der Waals surface area contributed by atoms with Gasteiger partial charge >= 0.3 is 0 Å². The van der Waals surface area contributed by atoms with Crippen LogP contribution in [0.4, 0.5) is 0 Å². The molecule has 0 saturated heterocycles. The summed E-state index contributed by atoms with van der Waals surface area (Å²) >= 11 is 0. The molecule has 0 heteroatoms. The lowest BCUT2D eigenvalue weighted by Gasteiger charge is -2.28. The molecule has 0 heterocycles. The summed E-state index contributed by atoms with van der Waals surface area (Å²) in [6, 6.07) is 0. The predicted octanol–water partition coefficient (Wildman–Crippen LogP) is 4.80. The molecule has 0 fully saturated rings. The molecule has 1 atom stereocenters. The lowest BCUT2D eigenvalue weighted by atomic mass is 9.77. The van der Waals surface area contributed by atoms with Crippen molar-refractivity contribution >= 4 is 0 Å². The second-order valence-corrected chi connectivity index (χ2v) is 4.29. The number of allylic oxidation sites excluding steroid dienone is 4. The van der Waals surface area contributed by atoms with Crippen molar-refractivity contribution in [2.75, 3.05) is 0 Å². The maximum absolute atomic E-state index is 4.21. The van der Waals surface area contributed by atoms with Crippen LogP contribution < -0.4 is 0 Å². The molecule has 0 aromatic carbocycles. The fourth-order valence-electron chi connectivity index (χ4n) is 2.37. The maximum atomic E-state index is 4.21. The van der Waals surface area contributed by atoms with Crippen molar-refractivity contribution < 1.29 is 0 Å². The van der Waals surface area contributed by atoms with Crippen LogP contribution >= 0.6 is 0 Å². The van der Waals surface area contributed by atoms with Crippen molar-refractivity contribution in [2.24, 2.45) is 5.92 Å². The Bertz CT molecular complexity index is 311. The average Bonchev–Trinajstić information content (AvgIpc) is 2.27. The minimum atomic E-state index is 0.629. The highest BCUT2D eigenvalue weighted by molar-refractivity contribution is 5.28. The summed E-state index contributed by atoms with van der Waals surface area (Å²) in [5.41, 5.74) is 7.55. The van der Waals surface area contributed by atoms with E-state index in [1.807, 2.05) is 6.08 Å². The SMILES string of the molecule is C=C=CCC1CC(CC)=C(CC)CC1=C. The zero-order valence-corrected chi connectivity index (χ0v) is 10.1. The van der Waals surface area contributed by atoms with Gasteiger partial charge in [0, 0.05) is 0 Å². The summed E-state index contributed by atoms with van der Waals surface area (Å²) in [6.07, 6.45) is 7.81. The number of hydrogen-bond acceptors (Lipinski definition) is 0. The standard InChI is InChI=1S/C15H22/c1-5-8-9-15-11-14(7-3)13(6-2)10-12(15)4/h8,15H,1,4,6-7,9-11H2,2-3H3. The molecule has 1 aliphatic rings. The molecule has 1 aliphatic carbocycles. The molecule has 0 bridgehead atoms. The van der Waals surface area contributed by atoms with Crippen molar-refractivity contribution in [3.63, 3.8) is 0 Å². The van der Waals surface area contributed by atoms with Crippen molar-refractivity contribution in [3.8, 4) is 0 Å². The van der Waals surface area contributed by atoms with E-state index in [0.29, 0.717) is 5.92 Å². The van der Waals surface area contributed by atoms with Gasteiger partial charge in [-0.3, -0.25) is 0 Å². The van der Waals surface area contributed by atoms with Crippen LogP contribution in [-0.4, -0.2) is 0 Å². The second-order valence-electron chi connectivity index (χ2n) is 4.29. The van der Waals surface area contributed by atoms with Gasteiger partial charge in [-0.15, -0.1) is 5.73 Å². The molecule has 1 rings (SSSR count). The highest BCUT2D eigenvalue weighted by Gasteiger charge is 2.21. The predicted molar refractivity (Wildman–Crippen MR) is 67.8 cm³/mol. The minimum absolute atomic E-state index is 0.629. The van der Waals surface area contributed by atoms with Crippen LogP contribution in [0.1, 0.15) is 46.0 Å². The van der Waals surface area contributed by atoms with E-state index in [9.17, 15) is 0 Å². The lowest BCUT2D eigenvalue weighted by molar-refractivity contribution is 0.558. The van der Waals surface area contributed by atoms with Crippen molar-refractivity contribution in [1.29, 1.82) is 0 Å². The van der Waals surface area contributed by atoms with E-state index in [1.165, 1.54) is 24.8 Å². The largest absolute Gasteiger partial charge is 0.133 e. The van der Waals surface area contributed by atoms with E-state index in [4.69, 9.17) is 0 Å². The summed E-state index contributed by atoms with van der Waals surface area (Å²) in [4.78, 5) is 0. The Kier molecular flexibility index (Phi) is 4.65. The quantitative estimate of drug-likeness (QED) is 0.454. The van der Waals surface area contributed by atoms with Crippen LogP contribution in [-0.2, 0) is 0 Å². The zero-order chi connectivity index (χ0) is 11.3. The first-order valence-electron chi connectivity index (χ1n) is 5.94. The van der Waals surface area contributed by atoms with Gasteiger partial charge in [0.2, 0.25) is 0 Å². The Morgan fingerprint density at radius 3 is 2.53 bits per heavy atom. The molecule has 0 spiro atoms. The highest BCUT2D eigenvalue weighted by Crippen LogP contribution is 2.37. The Morgan fingerprint density at radius 1 is 1.33 bits per heavy atom. The molecular formula is C15H22. The molecule has 1 unspecified atom stereocenters. The van der Waals surface area contributed by atoms with Gasteiger partial charge in [-0.2, -0.15) is 0 Å². The van der Waals surface area contributed by atoms with E-state index < -0.39 is 0 Å². The van der Waals surface area contributed by atoms with Gasteiger partial charge in [-0.1, -0.05) is 43.7 Å². The van der Waals surface area contributed by atoms with Crippen LogP contribution in [0.5, 0.6) is 0 Å². The van der Waals surface area contributed by atoms with Crippen molar-refractivity contribution in [3.05, 3.63) is 41.7 Å². The molecule has 0 aromatic rings.